The van der Waals surface area contributed by atoms with Gasteiger partial charge in [0.25, 0.3) is 0 Å². The van der Waals surface area contributed by atoms with Gasteiger partial charge in [-0.2, -0.15) is 0 Å². The Morgan fingerprint density at radius 1 is 1.75 bits per heavy atom. The Bertz CT molecular complexity index is 109. The van der Waals surface area contributed by atoms with Gasteiger partial charge in [0.2, 0.25) is 0 Å². The van der Waals surface area contributed by atoms with E-state index in [1.165, 1.54) is 6.42 Å². The molecule has 0 bridgehead atoms. The fourth-order valence-electron chi connectivity index (χ4n) is 1.38. The van der Waals surface area contributed by atoms with Crippen molar-refractivity contribution in [3.63, 3.8) is 0 Å². The Labute approximate surface area is 49.2 Å². The van der Waals surface area contributed by atoms with E-state index in [1.807, 2.05) is 0 Å². The van der Waals surface area contributed by atoms with Gasteiger partial charge in [0, 0.05) is 12.6 Å². The minimum absolute atomic E-state index is 0.305. The van der Waals surface area contributed by atoms with Gasteiger partial charge in [0.05, 0.1) is 6.61 Å². The van der Waals surface area contributed by atoms with Crippen molar-refractivity contribution < 1.29 is 4.74 Å². The first-order valence-electron chi connectivity index (χ1n) is 3.18. The van der Waals surface area contributed by atoms with Crippen LogP contribution in [0.25, 0.3) is 0 Å². The van der Waals surface area contributed by atoms with Crippen LogP contribution in [-0.4, -0.2) is 24.8 Å². The lowest BCUT2D eigenvalue weighted by atomic mass is 10.1. The Hall–Kier alpha value is -0.0800. The molecule has 2 nitrogen and oxygen atoms in total. The second kappa shape index (κ2) is 1.25. The van der Waals surface area contributed by atoms with E-state index in [9.17, 15) is 0 Å². The van der Waals surface area contributed by atoms with Crippen LogP contribution in [0, 0.1) is 0 Å². The Kier molecular flexibility index (Phi) is 0.746. The zero-order valence-corrected chi connectivity index (χ0v) is 5.11. The van der Waals surface area contributed by atoms with E-state index in [0.29, 0.717) is 11.6 Å². The van der Waals surface area contributed by atoms with Crippen molar-refractivity contribution in [3.05, 3.63) is 0 Å². The molecule has 2 aliphatic rings. The molecule has 46 valence electrons. The number of hydrogen-bond donors (Lipinski definition) is 1. The molecule has 2 unspecified atom stereocenters. The van der Waals surface area contributed by atoms with Crippen molar-refractivity contribution in [2.45, 2.75) is 25.0 Å². The summed E-state index contributed by atoms with van der Waals surface area (Å²) < 4.78 is 5.26. The van der Waals surface area contributed by atoms with Gasteiger partial charge in [-0.15, -0.1) is 0 Å². The van der Waals surface area contributed by atoms with Crippen LogP contribution in [0.3, 0.4) is 0 Å². The fourth-order valence-corrected chi connectivity index (χ4v) is 1.38. The zero-order valence-electron chi connectivity index (χ0n) is 5.11. The lowest BCUT2D eigenvalue weighted by molar-refractivity contribution is 0.320. The van der Waals surface area contributed by atoms with Crippen LogP contribution in [0.5, 0.6) is 0 Å². The van der Waals surface area contributed by atoms with Gasteiger partial charge < -0.3 is 10.1 Å². The topological polar surface area (TPSA) is 24.6 Å². The van der Waals surface area contributed by atoms with Crippen LogP contribution >= 0.6 is 0 Å². The molecule has 0 aromatic rings. The molecule has 0 aromatic carbocycles. The van der Waals surface area contributed by atoms with Crippen molar-refractivity contribution >= 4 is 0 Å². The van der Waals surface area contributed by atoms with Crippen molar-refractivity contribution in [1.29, 1.82) is 0 Å². The molecule has 2 rings (SSSR count). The molecule has 2 saturated heterocycles. The largest absolute Gasteiger partial charge is 0.368 e. The average Bonchev–Trinajstić information content (AvgIpc) is 2.34. The van der Waals surface area contributed by atoms with Crippen LogP contribution in [0.15, 0.2) is 0 Å². The molecular weight excluding hydrogens is 102 g/mol. The molecule has 0 saturated carbocycles. The molecule has 2 atom stereocenters. The molecule has 0 amide bonds. The third-order valence-corrected chi connectivity index (χ3v) is 2.00. The number of hydrogen-bond acceptors (Lipinski definition) is 2. The molecule has 2 aliphatic heterocycles. The van der Waals surface area contributed by atoms with E-state index in [-0.39, 0.29) is 0 Å². The highest BCUT2D eigenvalue weighted by atomic mass is 16.6. The van der Waals surface area contributed by atoms with Crippen LogP contribution in [0.1, 0.15) is 13.3 Å². The number of ether oxygens (including phenoxy) is 1. The maximum Gasteiger partial charge on any atom is 0.105 e. The minimum Gasteiger partial charge on any atom is -0.368 e. The molecule has 0 aliphatic carbocycles. The van der Waals surface area contributed by atoms with Gasteiger partial charge in [-0.3, -0.25) is 0 Å². The first kappa shape index (κ1) is 4.77. The van der Waals surface area contributed by atoms with Gasteiger partial charge in [0.15, 0.2) is 0 Å². The molecule has 2 heterocycles. The van der Waals surface area contributed by atoms with Crippen LogP contribution < -0.4 is 5.32 Å². The minimum atomic E-state index is 0.305. The highest BCUT2D eigenvalue weighted by molar-refractivity contribution is 5.02. The summed E-state index contributed by atoms with van der Waals surface area (Å²) in [5.41, 5.74) is 0.305. The SMILES string of the molecule is CC1CC2(CN1)CO2. The van der Waals surface area contributed by atoms with E-state index < -0.39 is 0 Å². The van der Waals surface area contributed by atoms with Gasteiger partial charge in [-0.05, 0) is 13.3 Å². The second-order valence-electron chi connectivity index (χ2n) is 2.96. The van der Waals surface area contributed by atoms with E-state index >= 15 is 0 Å². The molecule has 0 radical (unpaired) electrons. The van der Waals surface area contributed by atoms with Crippen LogP contribution in [0.4, 0.5) is 0 Å². The molecular formula is C6H11NO. The molecule has 1 spiro atoms. The summed E-state index contributed by atoms with van der Waals surface area (Å²) in [4.78, 5) is 0. The van der Waals surface area contributed by atoms with Gasteiger partial charge in [-0.25, -0.2) is 0 Å². The Morgan fingerprint density at radius 3 is 2.75 bits per heavy atom. The van der Waals surface area contributed by atoms with E-state index in [0.717, 1.165) is 13.2 Å². The zero-order chi connectivity index (χ0) is 5.61. The molecule has 1 N–H and O–H groups in total. The summed E-state index contributed by atoms with van der Waals surface area (Å²) in [6, 6.07) is 0.678. The summed E-state index contributed by atoms with van der Waals surface area (Å²) >= 11 is 0. The van der Waals surface area contributed by atoms with Crippen LogP contribution in [-0.2, 0) is 4.74 Å². The average molecular weight is 113 g/mol. The van der Waals surface area contributed by atoms with E-state index in [2.05, 4.69) is 12.2 Å². The predicted octanol–water partition coefficient (Wildman–Crippen LogP) is 0.137. The number of epoxide rings is 1. The van der Waals surface area contributed by atoms with E-state index in [4.69, 9.17) is 4.74 Å². The summed E-state index contributed by atoms with van der Waals surface area (Å²) in [6.07, 6.45) is 1.22. The maximum absolute atomic E-state index is 5.26. The van der Waals surface area contributed by atoms with Gasteiger partial charge in [0.1, 0.15) is 5.60 Å². The summed E-state index contributed by atoms with van der Waals surface area (Å²) in [5, 5.41) is 3.35. The lowest BCUT2D eigenvalue weighted by Gasteiger charge is -1.96. The Morgan fingerprint density at radius 2 is 2.50 bits per heavy atom. The summed E-state index contributed by atoms with van der Waals surface area (Å²) in [5.74, 6) is 0. The second-order valence-corrected chi connectivity index (χ2v) is 2.96. The number of nitrogens with one attached hydrogen (secondary N) is 1. The third kappa shape index (κ3) is 0.565. The fraction of sp³-hybridized carbons (Fsp3) is 1.00. The third-order valence-electron chi connectivity index (χ3n) is 2.00. The van der Waals surface area contributed by atoms with Crippen molar-refractivity contribution in [1.82, 2.24) is 5.32 Å². The van der Waals surface area contributed by atoms with Crippen molar-refractivity contribution in [2.24, 2.45) is 0 Å². The Balaban J connectivity index is 2.03. The molecule has 2 heteroatoms. The maximum atomic E-state index is 5.26. The van der Waals surface area contributed by atoms with Crippen LogP contribution in [0.2, 0.25) is 0 Å². The predicted molar refractivity (Wildman–Crippen MR) is 30.8 cm³/mol. The van der Waals surface area contributed by atoms with Crippen molar-refractivity contribution in [3.8, 4) is 0 Å². The smallest absolute Gasteiger partial charge is 0.105 e. The standard InChI is InChI=1S/C6H11NO/c1-5-2-6(3-7-5)4-8-6/h5,7H,2-4H2,1H3. The normalized spacial score (nSPS) is 52.9. The first-order chi connectivity index (χ1) is 3.81. The molecule has 8 heavy (non-hydrogen) atoms. The first-order valence-corrected chi connectivity index (χ1v) is 3.18. The summed E-state index contributed by atoms with van der Waals surface area (Å²) in [7, 11) is 0. The highest BCUT2D eigenvalue weighted by Crippen LogP contribution is 2.35. The van der Waals surface area contributed by atoms with Gasteiger partial charge >= 0.3 is 0 Å². The monoisotopic (exact) mass is 113 g/mol. The number of rotatable bonds is 0. The molecule has 2 fully saturated rings. The summed E-state index contributed by atoms with van der Waals surface area (Å²) in [6.45, 7) is 4.27. The molecule has 0 aromatic heterocycles. The quantitative estimate of drug-likeness (QED) is 0.452. The highest BCUT2D eigenvalue weighted by Gasteiger charge is 2.49. The van der Waals surface area contributed by atoms with Gasteiger partial charge in [-0.1, -0.05) is 0 Å². The van der Waals surface area contributed by atoms with E-state index in [1.54, 1.807) is 0 Å². The van der Waals surface area contributed by atoms with Crippen molar-refractivity contribution in [2.75, 3.05) is 13.2 Å². The lowest BCUT2D eigenvalue weighted by Crippen LogP contribution is -2.18.